The van der Waals surface area contributed by atoms with E-state index in [-0.39, 0.29) is 12.4 Å². The first-order valence-electron chi connectivity index (χ1n) is 4.14. The fraction of sp³-hybridized carbons (Fsp3) is 0.300. The minimum atomic E-state index is -0.545. The molecule has 1 aliphatic heterocycles. The van der Waals surface area contributed by atoms with Crippen molar-refractivity contribution in [2.24, 2.45) is 0 Å². The maximum absolute atomic E-state index is 11.0. The van der Waals surface area contributed by atoms with Crippen molar-refractivity contribution >= 4 is 5.78 Å². The second-order valence-electron chi connectivity index (χ2n) is 3.14. The van der Waals surface area contributed by atoms with E-state index in [0.29, 0.717) is 11.3 Å². The first-order valence-corrected chi connectivity index (χ1v) is 4.14. The van der Waals surface area contributed by atoms with Gasteiger partial charge in [-0.3, -0.25) is 4.79 Å². The molecule has 1 aliphatic rings. The summed E-state index contributed by atoms with van der Waals surface area (Å²) in [5, 5.41) is 9.40. The SMILES string of the molecule is CC(=O)c1ccc2c(c1)OCC2O. The Morgan fingerprint density at radius 3 is 3.08 bits per heavy atom. The molecule has 0 aromatic heterocycles. The van der Waals surface area contributed by atoms with Gasteiger partial charge in [0.15, 0.2) is 5.78 Å². The van der Waals surface area contributed by atoms with Gasteiger partial charge in [0.05, 0.1) is 0 Å². The third-order valence-electron chi connectivity index (χ3n) is 2.18. The Balaban J connectivity index is 2.45. The number of Topliss-reactive ketones (excluding diaryl/α,β-unsaturated/α-hetero) is 1. The van der Waals surface area contributed by atoms with Crippen LogP contribution in [0.25, 0.3) is 0 Å². The Morgan fingerprint density at radius 2 is 2.38 bits per heavy atom. The van der Waals surface area contributed by atoms with E-state index in [1.807, 2.05) is 0 Å². The molecule has 13 heavy (non-hydrogen) atoms. The standard InChI is InChI=1S/C10H10O3/c1-6(11)7-2-3-8-9(12)5-13-10(8)4-7/h2-4,9,12H,5H2,1H3. The Bertz CT molecular complexity index is 357. The number of fused-ring (bicyclic) bond motifs is 1. The fourth-order valence-corrected chi connectivity index (χ4v) is 1.41. The molecule has 0 saturated heterocycles. The van der Waals surface area contributed by atoms with Crippen molar-refractivity contribution < 1.29 is 14.6 Å². The van der Waals surface area contributed by atoms with E-state index in [0.717, 1.165) is 5.56 Å². The molecular formula is C10H10O3. The molecule has 3 heteroatoms. The number of hydrogen-bond acceptors (Lipinski definition) is 3. The molecule has 0 fully saturated rings. The molecule has 68 valence electrons. The topological polar surface area (TPSA) is 46.5 Å². The number of rotatable bonds is 1. The molecule has 0 aliphatic carbocycles. The van der Waals surface area contributed by atoms with Gasteiger partial charge in [-0.1, -0.05) is 12.1 Å². The van der Waals surface area contributed by atoms with Gasteiger partial charge < -0.3 is 9.84 Å². The molecule has 1 aromatic rings. The third-order valence-corrected chi connectivity index (χ3v) is 2.18. The lowest BCUT2D eigenvalue weighted by atomic mass is 10.1. The van der Waals surface area contributed by atoms with Crippen LogP contribution < -0.4 is 4.74 Å². The maximum Gasteiger partial charge on any atom is 0.159 e. The predicted molar refractivity (Wildman–Crippen MR) is 46.9 cm³/mol. The Labute approximate surface area is 76.0 Å². The molecule has 3 nitrogen and oxygen atoms in total. The smallest absolute Gasteiger partial charge is 0.159 e. The summed E-state index contributed by atoms with van der Waals surface area (Å²) in [6, 6.07) is 5.12. The monoisotopic (exact) mass is 178 g/mol. The molecule has 1 atom stereocenters. The summed E-state index contributed by atoms with van der Waals surface area (Å²) in [5.41, 5.74) is 1.39. The molecule has 0 saturated carbocycles. The van der Waals surface area contributed by atoms with Crippen LogP contribution in [0.5, 0.6) is 5.75 Å². The number of aliphatic hydroxyl groups excluding tert-OH is 1. The number of ketones is 1. The highest BCUT2D eigenvalue weighted by Crippen LogP contribution is 2.32. The summed E-state index contributed by atoms with van der Waals surface area (Å²) >= 11 is 0. The van der Waals surface area contributed by atoms with Crippen LogP contribution >= 0.6 is 0 Å². The van der Waals surface area contributed by atoms with Gasteiger partial charge in [0.2, 0.25) is 0 Å². The highest BCUT2D eigenvalue weighted by molar-refractivity contribution is 5.94. The maximum atomic E-state index is 11.0. The summed E-state index contributed by atoms with van der Waals surface area (Å²) in [4.78, 5) is 11.0. The minimum absolute atomic E-state index is 0.00721. The fourth-order valence-electron chi connectivity index (χ4n) is 1.41. The summed E-state index contributed by atoms with van der Waals surface area (Å²) in [7, 11) is 0. The molecule has 0 bridgehead atoms. The molecule has 1 aromatic carbocycles. The number of carbonyl (C=O) groups excluding carboxylic acids is 1. The van der Waals surface area contributed by atoms with Crippen molar-refractivity contribution in [2.75, 3.05) is 6.61 Å². The van der Waals surface area contributed by atoms with E-state index in [1.54, 1.807) is 18.2 Å². The molecule has 1 heterocycles. The van der Waals surface area contributed by atoms with E-state index in [1.165, 1.54) is 6.92 Å². The van der Waals surface area contributed by atoms with Crippen LogP contribution in [0.3, 0.4) is 0 Å². The van der Waals surface area contributed by atoms with E-state index >= 15 is 0 Å². The number of carbonyl (C=O) groups is 1. The zero-order valence-corrected chi connectivity index (χ0v) is 7.28. The van der Waals surface area contributed by atoms with Gasteiger partial charge in [-0.25, -0.2) is 0 Å². The molecule has 1 unspecified atom stereocenters. The Morgan fingerprint density at radius 1 is 1.62 bits per heavy atom. The molecular weight excluding hydrogens is 168 g/mol. The summed E-state index contributed by atoms with van der Waals surface area (Å²) in [6.07, 6.45) is -0.545. The van der Waals surface area contributed by atoms with Gasteiger partial charge in [0, 0.05) is 11.1 Å². The first kappa shape index (κ1) is 8.26. The lowest BCUT2D eigenvalue weighted by Crippen LogP contribution is -1.97. The zero-order chi connectivity index (χ0) is 9.42. The van der Waals surface area contributed by atoms with Crippen molar-refractivity contribution in [1.82, 2.24) is 0 Å². The number of hydrogen-bond donors (Lipinski definition) is 1. The van der Waals surface area contributed by atoms with Crippen LogP contribution in [0.4, 0.5) is 0 Å². The number of ether oxygens (including phenoxy) is 1. The average Bonchev–Trinajstić information content (AvgIpc) is 2.47. The molecule has 2 rings (SSSR count). The van der Waals surface area contributed by atoms with E-state index < -0.39 is 6.10 Å². The van der Waals surface area contributed by atoms with Crippen LogP contribution in [0, 0.1) is 0 Å². The minimum Gasteiger partial charge on any atom is -0.490 e. The summed E-state index contributed by atoms with van der Waals surface area (Å²) in [5.74, 6) is 0.632. The van der Waals surface area contributed by atoms with Crippen LogP contribution in [0.2, 0.25) is 0 Å². The predicted octanol–water partition coefficient (Wildman–Crippen LogP) is 1.31. The zero-order valence-electron chi connectivity index (χ0n) is 7.28. The Kier molecular flexibility index (Phi) is 1.81. The van der Waals surface area contributed by atoms with Crippen LogP contribution in [-0.2, 0) is 0 Å². The lowest BCUT2D eigenvalue weighted by Gasteiger charge is -2.01. The van der Waals surface area contributed by atoms with E-state index in [9.17, 15) is 9.90 Å². The Hall–Kier alpha value is -1.35. The average molecular weight is 178 g/mol. The van der Waals surface area contributed by atoms with Crippen molar-refractivity contribution in [3.63, 3.8) is 0 Å². The van der Waals surface area contributed by atoms with Crippen molar-refractivity contribution in [1.29, 1.82) is 0 Å². The van der Waals surface area contributed by atoms with Crippen molar-refractivity contribution in [3.8, 4) is 5.75 Å². The normalized spacial score (nSPS) is 19.4. The van der Waals surface area contributed by atoms with E-state index in [4.69, 9.17) is 4.74 Å². The van der Waals surface area contributed by atoms with Crippen LogP contribution in [0.1, 0.15) is 28.9 Å². The summed E-state index contributed by atoms with van der Waals surface area (Å²) in [6.45, 7) is 1.80. The van der Waals surface area contributed by atoms with Crippen molar-refractivity contribution in [2.45, 2.75) is 13.0 Å². The first-order chi connectivity index (χ1) is 6.18. The van der Waals surface area contributed by atoms with Crippen LogP contribution in [-0.4, -0.2) is 17.5 Å². The lowest BCUT2D eigenvalue weighted by molar-refractivity contribution is 0.101. The molecule has 0 radical (unpaired) electrons. The largest absolute Gasteiger partial charge is 0.490 e. The summed E-state index contributed by atoms with van der Waals surface area (Å²) < 4.78 is 5.20. The highest BCUT2D eigenvalue weighted by atomic mass is 16.5. The van der Waals surface area contributed by atoms with Gasteiger partial charge in [-0.05, 0) is 13.0 Å². The van der Waals surface area contributed by atoms with Gasteiger partial charge in [-0.2, -0.15) is 0 Å². The second kappa shape index (κ2) is 2.85. The second-order valence-corrected chi connectivity index (χ2v) is 3.14. The molecule has 0 amide bonds. The molecule has 1 N–H and O–H groups in total. The highest BCUT2D eigenvalue weighted by Gasteiger charge is 2.22. The van der Waals surface area contributed by atoms with Crippen molar-refractivity contribution in [3.05, 3.63) is 29.3 Å². The van der Waals surface area contributed by atoms with Gasteiger partial charge >= 0.3 is 0 Å². The van der Waals surface area contributed by atoms with Crippen LogP contribution in [0.15, 0.2) is 18.2 Å². The van der Waals surface area contributed by atoms with Gasteiger partial charge in [0.25, 0.3) is 0 Å². The van der Waals surface area contributed by atoms with Gasteiger partial charge in [0.1, 0.15) is 18.5 Å². The van der Waals surface area contributed by atoms with Gasteiger partial charge in [-0.15, -0.1) is 0 Å². The number of benzene rings is 1. The third kappa shape index (κ3) is 1.31. The quantitative estimate of drug-likeness (QED) is 0.659. The molecule has 0 spiro atoms. The number of aliphatic hydroxyl groups is 1. The van der Waals surface area contributed by atoms with E-state index in [2.05, 4.69) is 0 Å².